The standard InChI is InChI=1S/C30H54N2O2/c1-3-4-5-6-7-8-9-10-11-12-13-14-15-16-17-18-19-30(33)32(27-25-31)26-24-28-20-22-29(34-2)23-21-28/h20-23H,3-19,24-27,31H2,1-2H3. The summed E-state index contributed by atoms with van der Waals surface area (Å²) >= 11 is 0. The zero-order chi connectivity index (χ0) is 24.7. The fourth-order valence-corrected chi connectivity index (χ4v) is 4.56. The first-order valence-corrected chi connectivity index (χ1v) is 14.3. The average molecular weight is 475 g/mol. The van der Waals surface area contributed by atoms with E-state index in [0.717, 1.165) is 25.1 Å². The van der Waals surface area contributed by atoms with Crippen molar-refractivity contribution in [3.63, 3.8) is 0 Å². The summed E-state index contributed by atoms with van der Waals surface area (Å²) in [5.74, 6) is 1.12. The highest BCUT2D eigenvalue weighted by Gasteiger charge is 2.12. The molecule has 0 aliphatic carbocycles. The quantitative estimate of drug-likeness (QED) is 0.165. The van der Waals surface area contributed by atoms with Gasteiger partial charge < -0.3 is 15.4 Å². The minimum Gasteiger partial charge on any atom is -0.497 e. The molecule has 34 heavy (non-hydrogen) atoms. The van der Waals surface area contributed by atoms with Gasteiger partial charge in [0.1, 0.15) is 5.75 Å². The van der Waals surface area contributed by atoms with Crippen molar-refractivity contribution in [2.75, 3.05) is 26.7 Å². The Kier molecular flexibility index (Phi) is 19.7. The van der Waals surface area contributed by atoms with Crippen molar-refractivity contribution in [1.82, 2.24) is 4.90 Å². The molecule has 4 heteroatoms. The van der Waals surface area contributed by atoms with Gasteiger partial charge in [0, 0.05) is 26.1 Å². The summed E-state index contributed by atoms with van der Waals surface area (Å²) in [5, 5.41) is 0. The number of carbonyl (C=O) groups excluding carboxylic acids is 1. The van der Waals surface area contributed by atoms with Gasteiger partial charge in [-0.25, -0.2) is 0 Å². The smallest absolute Gasteiger partial charge is 0.222 e. The fraction of sp³-hybridized carbons (Fsp3) is 0.767. The first-order valence-electron chi connectivity index (χ1n) is 14.3. The summed E-state index contributed by atoms with van der Waals surface area (Å²) in [6.07, 6.45) is 23.2. The van der Waals surface area contributed by atoms with Crippen LogP contribution in [0.3, 0.4) is 0 Å². The molecule has 1 rings (SSSR count). The predicted molar refractivity (Wildman–Crippen MR) is 146 cm³/mol. The lowest BCUT2D eigenvalue weighted by molar-refractivity contribution is -0.131. The molecule has 0 saturated heterocycles. The molecule has 4 nitrogen and oxygen atoms in total. The van der Waals surface area contributed by atoms with Crippen LogP contribution in [0.4, 0.5) is 0 Å². The zero-order valence-corrected chi connectivity index (χ0v) is 22.5. The maximum atomic E-state index is 12.7. The number of hydrogen-bond donors (Lipinski definition) is 1. The molecule has 196 valence electrons. The van der Waals surface area contributed by atoms with Gasteiger partial charge in [-0.1, -0.05) is 115 Å². The van der Waals surface area contributed by atoms with E-state index in [4.69, 9.17) is 10.5 Å². The van der Waals surface area contributed by atoms with Crippen LogP contribution < -0.4 is 10.5 Å². The summed E-state index contributed by atoms with van der Waals surface area (Å²) in [7, 11) is 1.68. The molecule has 0 bridgehead atoms. The lowest BCUT2D eigenvalue weighted by Crippen LogP contribution is -2.36. The van der Waals surface area contributed by atoms with Crippen molar-refractivity contribution in [3.8, 4) is 5.75 Å². The second-order valence-corrected chi connectivity index (χ2v) is 9.82. The molecule has 0 saturated carbocycles. The molecule has 1 aromatic rings. The highest BCUT2D eigenvalue weighted by atomic mass is 16.5. The Balaban J connectivity index is 1.99. The molecule has 2 N–H and O–H groups in total. The Labute approximate surface area is 211 Å². The Hall–Kier alpha value is -1.55. The van der Waals surface area contributed by atoms with E-state index >= 15 is 0 Å². The number of rotatable bonds is 23. The molecule has 0 heterocycles. The molecule has 0 spiro atoms. The lowest BCUT2D eigenvalue weighted by atomic mass is 10.0. The van der Waals surface area contributed by atoms with Crippen LogP contribution in [0.25, 0.3) is 0 Å². The van der Waals surface area contributed by atoms with Crippen molar-refractivity contribution >= 4 is 5.91 Å². The number of methoxy groups -OCH3 is 1. The van der Waals surface area contributed by atoms with Crippen molar-refractivity contribution in [2.24, 2.45) is 5.73 Å². The maximum Gasteiger partial charge on any atom is 0.222 e. The van der Waals surface area contributed by atoms with Crippen LogP contribution in [0.5, 0.6) is 5.75 Å². The third-order valence-electron chi connectivity index (χ3n) is 6.83. The molecule has 0 aliphatic heterocycles. The SMILES string of the molecule is CCCCCCCCCCCCCCCCCCC(=O)N(CCN)CCc1ccc(OC)cc1. The Morgan fingerprint density at radius 2 is 1.21 bits per heavy atom. The summed E-state index contributed by atoms with van der Waals surface area (Å²) in [5.41, 5.74) is 6.97. The summed E-state index contributed by atoms with van der Waals surface area (Å²) in [6.45, 7) is 4.19. The number of carbonyl (C=O) groups is 1. The minimum absolute atomic E-state index is 0.254. The van der Waals surface area contributed by atoms with Crippen molar-refractivity contribution in [2.45, 2.75) is 122 Å². The van der Waals surface area contributed by atoms with E-state index in [1.54, 1.807) is 7.11 Å². The van der Waals surface area contributed by atoms with Gasteiger partial charge >= 0.3 is 0 Å². The monoisotopic (exact) mass is 474 g/mol. The number of ether oxygens (including phenoxy) is 1. The molecule has 0 fully saturated rings. The third kappa shape index (κ3) is 16.1. The van der Waals surface area contributed by atoms with Crippen LogP contribution in [-0.2, 0) is 11.2 Å². The normalized spacial score (nSPS) is 11.0. The molecule has 0 radical (unpaired) electrons. The predicted octanol–water partition coefficient (Wildman–Crippen LogP) is 7.68. The van der Waals surface area contributed by atoms with Gasteiger partial charge in [0.25, 0.3) is 0 Å². The Morgan fingerprint density at radius 3 is 1.65 bits per heavy atom. The molecule has 0 aromatic heterocycles. The van der Waals surface area contributed by atoms with E-state index in [1.165, 1.54) is 102 Å². The van der Waals surface area contributed by atoms with E-state index in [0.29, 0.717) is 19.5 Å². The van der Waals surface area contributed by atoms with Crippen LogP contribution in [0.2, 0.25) is 0 Å². The van der Waals surface area contributed by atoms with Crippen LogP contribution in [0.1, 0.15) is 122 Å². The second-order valence-electron chi connectivity index (χ2n) is 9.82. The Bertz CT molecular complexity index is 588. The van der Waals surface area contributed by atoms with E-state index in [2.05, 4.69) is 19.1 Å². The van der Waals surface area contributed by atoms with E-state index in [-0.39, 0.29) is 5.91 Å². The third-order valence-corrected chi connectivity index (χ3v) is 6.83. The van der Waals surface area contributed by atoms with Gasteiger partial charge in [-0.15, -0.1) is 0 Å². The van der Waals surface area contributed by atoms with Gasteiger partial charge in [0.2, 0.25) is 5.91 Å². The molecule has 1 amide bonds. The van der Waals surface area contributed by atoms with E-state index < -0.39 is 0 Å². The van der Waals surface area contributed by atoms with Gasteiger partial charge in [0.15, 0.2) is 0 Å². The van der Waals surface area contributed by atoms with E-state index in [9.17, 15) is 4.79 Å². The summed E-state index contributed by atoms with van der Waals surface area (Å²) in [6, 6.07) is 8.08. The maximum absolute atomic E-state index is 12.7. The number of benzene rings is 1. The number of amides is 1. The highest BCUT2D eigenvalue weighted by molar-refractivity contribution is 5.76. The molecule has 0 unspecified atom stereocenters. The highest BCUT2D eigenvalue weighted by Crippen LogP contribution is 2.15. The zero-order valence-electron chi connectivity index (χ0n) is 22.5. The van der Waals surface area contributed by atoms with Gasteiger partial charge in [-0.3, -0.25) is 4.79 Å². The number of nitrogens with zero attached hydrogens (tertiary/aromatic N) is 1. The number of hydrogen-bond acceptors (Lipinski definition) is 3. The lowest BCUT2D eigenvalue weighted by Gasteiger charge is -2.22. The van der Waals surface area contributed by atoms with Crippen LogP contribution in [0.15, 0.2) is 24.3 Å². The van der Waals surface area contributed by atoms with Gasteiger partial charge in [0.05, 0.1) is 7.11 Å². The largest absolute Gasteiger partial charge is 0.497 e. The van der Waals surface area contributed by atoms with Crippen molar-refractivity contribution in [3.05, 3.63) is 29.8 Å². The molecule has 1 aromatic carbocycles. The second kappa shape index (κ2) is 21.9. The summed E-state index contributed by atoms with van der Waals surface area (Å²) < 4.78 is 5.21. The van der Waals surface area contributed by atoms with Crippen LogP contribution in [-0.4, -0.2) is 37.6 Å². The van der Waals surface area contributed by atoms with Crippen LogP contribution in [0, 0.1) is 0 Å². The average Bonchev–Trinajstić information content (AvgIpc) is 2.86. The fourth-order valence-electron chi connectivity index (χ4n) is 4.56. The van der Waals surface area contributed by atoms with Crippen molar-refractivity contribution < 1.29 is 9.53 Å². The molecule has 0 atom stereocenters. The molecular formula is C30H54N2O2. The minimum atomic E-state index is 0.254. The first-order chi connectivity index (χ1) is 16.7. The van der Waals surface area contributed by atoms with Gasteiger partial charge in [-0.05, 0) is 30.5 Å². The molecule has 0 aliphatic rings. The Morgan fingerprint density at radius 1 is 0.735 bits per heavy atom. The number of unbranched alkanes of at least 4 members (excludes halogenated alkanes) is 15. The van der Waals surface area contributed by atoms with E-state index in [1.807, 2.05) is 17.0 Å². The number of nitrogens with two attached hydrogens (primary N) is 1. The summed E-state index contributed by atoms with van der Waals surface area (Å²) in [4.78, 5) is 14.6. The van der Waals surface area contributed by atoms with Crippen molar-refractivity contribution in [1.29, 1.82) is 0 Å². The first kappa shape index (κ1) is 30.5. The van der Waals surface area contributed by atoms with Crippen LogP contribution >= 0.6 is 0 Å². The topological polar surface area (TPSA) is 55.6 Å². The molecular weight excluding hydrogens is 420 g/mol. The van der Waals surface area contributed by atoms with Gasteiger partial charge in [-0.2, -0.15) is 0 Å².